The highest BCUT2D eigenvalue weighted by Gasteiger charge is 2.26. The van der Waals surface area contributed by atoms with Gasteiger partial charge in [-0.1, -0.05) is 37.3 Å². The van der Waals surface area contributed by atoms with Crippen molar-refractivity contribution in [3.63, 3.8) is 0 Å². The maximum absolute atomic E-state index is 10.0. The molecule has 0 aliphatic carbocycles. The topological polar surface area (TPSA) is 87.8 Å². The Balaban J connectivity index is 1.82. The fraction of sp³-hybridized carbons (Fsp3) is 0.348. The molecule has 1 aliphatic heterocycles. The normalized spacial score (nSPS) is 14.8. The molecule has 4 aromatic rings. The van der Waals surface area contributed by atoms with Gasteiger partial charge in [0.15, 0.2) is 5.82 Å². The third kappa shape index (κ3) is 3.35. The molecular formula is C23H22N6OS. The van der Waals surface area contributed by atoms with Gasteiger partial charge in [0.25, 0.3) is 0 Å². The molecule has 7 nitrogen and oxygen atoms in total. The second-order valence-corrected chi connectivity index (χ2v) is 8.82. The van der Waals surface area contributed by atoms with E-state index in [1.54, 1.807) is 11.3 Å². The summed E-state index contributed by atoms with van der Waals surface area (Å²) in [5.41, 5.74) is 2.89. The van der Waals surface area contributed by atoms with Crippen molar-refractivity contribution in [3.8, 4) is 23.1 Å². The summed E-state index contributed by atoms with van der Waals surface area (Å²) < 4.78 is 6.72. The van der Waals surface area contributed by atoms with Crippen LogP contribution >= 0.6 is 11.3 Å². The number of thiophene rings is 1. The first kappa shape index (κ1) is 19.6. The molecule has 0 amide bonds. The maximum atomic E-state index is 10.0. The number of rotatable bonds is 4. The predicted octanol–water partition coefficient (Wildman–Crippen LogP) is 4.81. The van der Waals surface area contributed by atoms with Crippen LogP contribution in [0.3, 0.4) is 0 Å². The lowest BCUT2D eigenvalue weighted by molar-refractivity contribution is 0.327. The van der Waals surface area contributed by atoms with Gasteiger partial charge >= 0.3 is 0 Å². The van der Waals surface area contributed by atoms with Crippen LogP contribution in [0, 0.1) is 17.2 Å². The zero-order valence-electron chi connectivity index (χ0n) is 17.5. The van der Waals surface area contributed by atoms with E-state index < -0.39 is 0 Å². The molecular weight excluding hydrogens is 408 g/mol. The third-order valence-electron chi connectivity index (χ3n) is 5.81. The number of anilines is 1. The SMILES string of the molecule is CCOc1nc2sc3c(N4CCC(C)CC4)nnnc3c2c(-c2ccccc2)c1C#N. The van der Waals surface area contributed by atoms with E-state index in [0.29, 0.717) is 18.1 Å². The summed E-state index contributed by atoms with van der Waals surface area (Å²) in [4.78, 5) is 7.79. The van der Waals surface area contributed by atoms with Gasteiger partial charge in [0.2, 0.25) is 5.88 Å². The number of ether oxygens (including phenoxy) is 1. The molecule has 1 aliphatic rings. The van der Waals surface area contributed by atoms with Gasteiger partial charge in [-0.3, -0.25) is 0 Å². The van der Waals surface area contributed by atoms with Crippen LogP contribution in [-0.4, -0.2) is 40.1 Å². The summed E-state index contributed by atoms with van der Waals surface area (Å²) in [6.07, 6.45) is 2.27. The summed E-state index contributed by atoms with van der Waals surface area (Å²) in [6, 6.07) is 12.2. The lowest BCUT2D eigenvalue weighted by Gasteiger charge is -2.30. The lowest BCUT2D eigenvalue weighted by Crippen LogP contribution is -2.33. The predicted molar refractivity (Wildman–Crippen MR) is 122 cm³/mol. The monoisotopic (exact) mass is 430 g/mol. The van der Waals surface area contributed by atoms with E-state index >= 15 is 0 Å². The van der Waals surface area contributed by atoms with E-state index in [2.05, 4.69) is 33.3 Å². The summed E-state index contributed by atoms with van der Waals surface area (Å²) in [5, 5.41) is 23.8. The molecule has 0 radical (unpaired) electrons. The van der Waals surface area contributed by atoms with Gasteiger partial charge in [-0.15, -0.1) is 21.5 Å². The highest BCUT2D eigenvalue weighted by Crippen LogP contribution is 2.44. The summed E-state index contributed by atoms with van der Waals surface area (Å²) >= 11 is 1.54. The molecule has 1 fully saturated rings. The number of hydrogen-bond acceptors (Lipinski definition) is 8. The van der Waals surface area contributed by atoms with Crippen molar-refractivity contribution < 1.29 is 4.74 Å². The van der Waals surface area contributed by atoms with Gasteiger partial charge in [-0.2, -0.15) is 5.26 Å². The van der Waals surface area contributed by atoms with Crippen LogP contribution in [0.5, 0.6) is 5.88 Å². The van der Waals surface area contributed by atoms with E-state index in [9.17, 15) is 5.26 Å². The van der Waals surface area contributed by atoms with Crippen LogP contribution in [0.25, 0.3) is 31.6 Å². The van der Waals surface area contributed by atoms with Crippen molar-refractivity contribution in [3.05, 3.63) is 35.9 Å². The Kier molecular flexibility index (Phi) is 5.12. The molecule has 1 saturated heterocycles. The number of aromatic nitrogens is 4. The fourth-order valence-electron chi connectivity index (χ4n) is 4.16. The molecule has 4 heterocycles. The van der Waals surface area contributed by atoms with Gasteiger partial charge in [0.05, 0.1) is 6.61 Å². The number of hydrogen-bond donors (Lipinski definition) is 0. The first-order valence-electron chi connectivity index (χ1n) is 10.5. The number of pyridine rings is 1. The molecule has 31 heavy (non-hydrogen) atoms. The number of benzene rings is 1. The molecule has 8 heteroatoms. The first-order valence-corrected chi connectivity index (χ1v) is 11.4. The quantitative estimate of drug-likeness (QED) is 0.459. The van der Waals surface area contributed by atoms with Crippen molar-refractivity contribution in [1.82, 2.24) is 20.4 Å². The summed E-state index contributed by atoms with van der Waals surface area (Å²) in [5.74, 6) is 1.94. The number of nitrogens with zero attached hydrogens (tertiary/aromatic N) is 6. The van der Waals surface area contributed by atoms with Gasteiger partial charge < -0.3 is 9.64 Å². The maximum Gasteiger partial charge on any atom is 0.233 e. The average Bonchev–Trinajstić information content (AvgIpc) is 3.17. The van der Waals surface area contributed by atoms with Crippen LogP contribution < -0.4 is 9.64 Å². The molecule has 5 rings (SSSR count). The minimum absolute atomic E-state index is 0.358. The number of piperidine rings is 1. The zero-order chi connectivity index (χ0) is 21.4. The summed E-state index contributed by atoms with van der Waals surface area (Å²) in [6.45, 7) is 6.53. The summed E-state index contributed by atoms with van der Waals surface area (Å²) in [7, 11) is 0. The Labute approximate surface area is 184 Å². The number of fused-ring (bicyclic) bond motifs is 3. The Bertz CT molecular complexity index is 1290. The Morgan fingerprint density at radius 3 is 2.68 bits per heavy atom. The van der Waals surface area contributed by atoms with Crippen LogP contribution in [0.1, 0.15) is 32.3 Å². The van der Waals surface area contributed by atoms with Crippen molar-refractivity contribution in [1.29, 1.82) is 5.26 Å². The van der Waals surface area contributed by atoms with Crippen LogP contribution in [0.15, 0.2) is 30.3 Å². The highest BCUT2D eigenvalue weighted by atomic mass is 32.1. The van der Waals surface area contributed by atoms with Crippen molar-refractivity contribution in [2.45, 2.75) is 26.7 Å². The Morgan fingerprint density at radius 1 is 1.19 bits per heavy atom. The third-order valence-corrected chi connectivity index (χ3v) is 6.88. The first-order chi connectivity index (χ1) is 15.2. The lowest BCUT2D eigenvalue weighted by atomic mass is 9.98. The highest BCUT2D eigenvalue weighted by molar-refractivity contribution is 7.26. The van der Waals surface area contributed by atoms with Gasteiger partial charge in [0, 0.05) is 24.0 Å². The van der Waals surface area contributed by atoms with E-state index in [-0.39, 0.29) is 0 Å². The van der Waals surface area contributed by atoms with E-state index in [1.165, 1.54) is 0 Å². The van der Waals surface area contributed by atoms with Crippen LogP contribution in [0.4, 0.5) is 5.82 Å². The minimum Gasteiger partial charge on any atom is -0.477 e. The molecule has 0 spiro atoms. The standard InChI is InChI=1S/C23H22N6OS/c1-3-30-22-16(13-24)17(15-7-5-4-6-8-15)18-19-20(31-23(18)25-22)21(27-28-26-19)29-11-9-14(2)10-12-29/h4-8,14H,3,9-12H2,1-2H3. The van der Waals surface area contributed by atoms with E-state index in [4.69, 9.17) is 9.72 Å². The van der Waals surface area contributed by atoms with Crippen molar-refractivity contribution in [2.75, 3.05) is 24.6 Å². The van der Waals surface area contributed by atoms with Gasteiger partial charge in [-0.25, -0.2) is 4.98 Å². The molecule has 0 bridgehead atoms. The molecule has 0 unspecified atom stereocenters. The van der Waals surface area contributed by atoms with Gasteiger partial charge in [-0.05, 0) is 36.5 Å². The average molecular weight is 431 g/mol. The van der Waals surface area contributed by atoms with Gasteiger partial charge in [0.1, 0.15) is 26.7 Å². The van der Waals surface area contributed by atoms with Crippen molar-refractivity contribution >= 4 is 37.6 Å². The van der Waals surface area contributed by atoms with E-state index in [0.717, 1.165) is 69.2 Å². The zero-order valence-corrected chi connectivity index (χ0v) is 18.3. The van der Waals surface area contributed by atoms with Crippen LogP contribution in [0.2, 0.25) is 0 Å². The van der Waals surface area contributed by atoms with Crippen molar-refractivity contribution in [2.24, 2.45) is 5.92 Å². The second kappa shape index (κ2) is 8.08. The van der Waals surface area contributed by atoms with E-state index in [1.807, 2.05) is 37.3 Å². The second-order valence-electron chi connectivity index (χ2n) is 7.82. The smallest absolute Gasteiger partial charge is 0.233 e. The molecule has 1 aromatic carbocycles. The molecule has 0 saturated carbocycles. The molecule has 156 valence electrons. The molecule has 0 atom stereocenters. The Morgan fingerprint density at radius 2 is 1.97 bits per heavy atom. The van der Waals surface area contributed by atoms with Crippen LogP contribution in [-0.2, 0) is 0 Å². The number of nitriles is 1. The minimum atomic E-state index is 0.358. The fourth-order valence-corrected chi connectivity index (χ4v) is 5.29. The Hall–Kier alpha value is -3.31. The molecule has 0 N–H and O–H groups in total. The largest absolute Gasteiger partial charge is 0.477 e. The molecule has 3 aromatic heterocycles.